The highest BCUT2D eigenvalue weighted by molar-refractivity contribution is 5.95. The van der Waals surface area contributed by atoms with Gasteiger partial charge in [-0.25, -0.2) is 4.79 Å². The Balaban J connectivity index is 1.56. The first-order chi connectivity index (χ1) is 21.5. The molecule has 0 radical (unpaired) electrons. The summed E-state index contributed by atoms with van der Waals surface area (Å²) in [5, 5.41) is 19.9. The molecule has 0 saturated heterocycles. The van der Waals surface area contributed by atoms with E-state index in [1.807, 2.05) is 75.5 Å². The van der Waals surface area contributed by atoms with Crippen LogP contribution in [0.25, 0.3) is 21.8 Å². The fourth-order valence-electron chi connectivity index (χ4n) is 5.55. The second-order valence-corrected chi connectivity index (χ2v) is 12.2. The molecule has 0 saturated carbocycles. The Kier molecular flexibility index (Phi) is 11.0. The molecule has 3 amide bonds. The number of nitrogens with one attached hydrogen (secondary N) is 5. The Morgan fingerprint density at radius 1 is 0.756 bits per heavy atom. The summed E-state index contributed by atoms with van der Waals surface area (Å²) in [6.07, 6.45) is 4.84. The van der Waals surface area contributed by atoms with E-state index in [2.05, 4.69) is 25.9 Å². The molecule has 0 aliphatic rings. The molecule has 5 atom stereocenters. The number of amides is 3. The number of hydrogen-bond acceptors (Lipinski definition) is 5. The van der Waals surface area contributed by atoms with E-state index in [0.29, 0.717) is 6.42 Å². The number of carboxylic acids is 1. The molecular weight excluding hydrogens is 572 g/mol. The number of carbonyl (C=O) groups is 4. The largest absolute Gasteiger partial charge is 0.480 e. The Hall–Kier alpha value is -4.64. The van der Waals surface area contributed by atoms with Crippen LogP contribution in [0.1, 0.15) is 51.7 Å². The van der Waals surface area contributed by atoms with Gasteiger partial charge in [-0.05, 0) is 47.9 Å². The summed E-state index contributed by atoms with van der Waals surface area (Å²) in [6.45, 7) is 7.41. The molecule has 4 aromatic rings. The summed E-state index contributed by atoms with van der Waals surface area (Å²) in [5.41, 5.74) is 9.88. The van der Waals surface area contributed by atoms with Crippen LogP contribution in [0.2, 0.25) is 0 Å². The van der Waals surface area contributed by atoms with E-state index in [0.717, 1.165) is 32.9 Å². The normalized spacial score (nSPS) is 14.9. The maximum Gasteiger partial charge on any atom is 0.326 e. The third kappa shape index (κ3) is 8.30. The standard InChI is InChI=1S/C34H44N6O5/c1-5-20(4)30(34(44)45)40-33(43)28(14-19(2)3)39-32(42)29(16-22-18-37-27-13-9-7-11-24(22)27)38-31(41)25(35)15-21-17-36-26-12-8-6-10-23(21)26/h6-13,17-20,25,28-30,36-37H,5,14-16,35H2,1-4H3,(H,38,41)(H,39,42)(H,40,43)(H,44,45). The maximum absolute atomic E-state index is 13.9. The van der Waals surface area contributed by atoms with E-state index < -0.39 is 47.9 Å². The van der Waals surface area contributed by atoms with Gasteiger partial charge in [0.1, 0.15) is 18.1 Å². The molecule has 4 rings (SSSR count). The predicted octanol–water partition coefficient (Wildman–Crippen LogP) is 3.39. The van der Waals surface area contributed by atoms with E-state index >= 15 is 0 Å². The highest BCUT2D eigenvalue weighted by atomic mass is 16.4. The Bertz CT molecular complexity index is 1640. The van der Waals surface area contributed by atoms with Gasteiger partial charge >= 0.3 is 5.97 Å². The second kappa shape index (κ2) is 14.9. The van der Waals surface area contributed by atoms with E-state index in [9.17, 15) is 24.3 Å². The Morgan fingerprint density at radius 3 is 1.80 bits per heavy atom. The summed E-state index contributed by atoms with van der Waals surface area (Å²) in [7, 11) is 0. The van der Waals surface area contributed by atoms with Crippen molar-refractivity contribution in [3.05, 3.63) is 72.1 Å². The van der Waals surface area contributed by atoms with Crippen molar-refractivity contribution in [2.75, 3.05) is 0 Å². The topological polar surface area (TPSA) is 182 Å². The van der Waals surface area contributed by atoms with Crippen molar-refractivity contribution >= 4 is 45.5 Å². The van der Waals surface area contributed by atoms with Crippen LogP contribution >= 0.6 is 0 Å². The van der Waals surface area contributed by atoms with E-state index in [1.54, 1.807) is 13.1 Å². The number of nitrogens with two attached hydrogens (primary N) is 1. The number of aromatic amines is 2. The zero-order valence-corrected chi connectivity index (χ0v) is 26.2. The van der Waals surface area contributed by atoms with Crippen LogP contribution in [-0.2, 0) is 32.0 Å². The van der Waals surface area contributed by atoms with Crippen molar-refractivity contribution in [2.24, 2.45) is 17.6 Å². The quantitative estimate of drug-likeness (QED) is 0.107. The van der Waals surface area contributed by atoms with Gasteiger partial charge in [-0.2, -0.15) is 0 Å². The number of aliphatic carboxylic acids is 1. The molecule has 0 bridgehead atoms. The van der Waals surface area contributed by atoms with Gasteiger partial charge in [-0.1, -0.05) is 70.5 Å². The third-order valence-corrected chi connectivity index (χ3v) is 8.30. The number of carbonyl (C=O) groups excluding carboxylic acids is 3. The predicted molar refractivity (Wildman–Crippen MR) is 174 cm³/mol. The summed E-state index contributed by atoms with van der Waals surface area (Å²) in [6, 6.07) is 11.3. The van der Waals surface area contributed by atoms with Crippen LogP contribution in [0, 0.1) is 11.8 Å². The highest BCUT2D eigenvalue weighted by Gasteiger charge is 2.33. The lowest BCUT2D eigenvalue weighted by Gasteiger charge is -2.27. The molecule has 5 unspecified atom stereocenters. The average molecular weight is 617 g/mol. The number of H-pyrrole nitrogens is 2. The molecule has 0 aliphatic carbocycles. The summed E-state index contributed by atoms with van der Waals surface area (Å²) in [4.78, 5) is 59.0. The molecule has 11 nitrogen and oxygen atoms in total. The van der Waals surface area contributed by atoms with E-state index in [1.165, 1.54) is 0 Å². The van der Waals surface area contributed by atoms with Crippen LogP contribution in [0.4, 0.5) is 0 Å². The van der Waals surface area contributed by atoms with Crippen LogP contribution in [-0.4, -0.2) is 62.9 Å². The van der Waals surface area contributed by atoms with Crippen LogP contribution in [0.15, 0.2) is 60.9 Å². The highest BCUT2D eigenvalue weighted by Crippen LogP contribution is 2.21. The summed E-state index contributed by atoms with van der Waals surface area (Å²) < 4.78 is 0. The first kappa shape index (κ1) is 33.3. The van der Waals surface area contributed by atoms with Gasteiger partial charge in [0, 0.05) is 40.6 Å². The Morgan fingerprint density at radius 2 is 1.27 bits per heavy atom. The number of aromatic nitrogens is 2. The first-order valence-electron chi connectivity index (χ1n) is 15.5. The van der Waals surface area contributed by atoms with Gasteiger partial charge in [0.2, 0.25) is 17.7 Å². The molecule has 11 heteroatoms. The summed E-state index contributed by atoms with van der Waals surface area (Å²) in [5.74, 6) is -3.09. The van der Waals surface area contributed by atoms with Crippen molar-refractivity contribution in [1.82, 2.24) is 25.9 Å². The smallest absolute Gasteiger partial charge is 0.326 e. The molecular formula is C34H44N6O5. The zero-order chi connectivity index (χ0) is 32.7. The molecule has 2 heterocycles. The number of rotatable bonds is 15. The third-order valence-electron chi connectivity index (χ3n) is 8.30. The van der Waals surface area contributed by atoms with Gasteiger partial charge in [-0.15, -0.1) is 0 Å². The number of benzene rings is 2. The molecule has 2 aromatic heterocycles. The zero-order valence-electron chi connectivity index (χ0n) is 26.2. The molecule has 0 spiro atoms. The maximum atomic E-state index is 13.9. The number of para-hydroxylation sites is 2. The Labute approximate surface area is 262 Å². The minimum atomic E-state index is -1.14. The number of hydrogen-bond donors (Lipinski definition) is 7. The lowest BCUT2D eigenvalue weighted by molar-refractivity contribution is -0.144. The summed E-state index contributed by atoms with van der Waals surface area (Å²) >= 11 is 0. The van der Waals surface area contributed by atoms with Gasteiger partial charge in [0.15, 0.2) is 0 Å². The minimum Gasteiger partial charge on any atom is -0.480 e. The molecule has 0 fully saturated rings. The fourth-order valence-corrected chi connectivity index (χ4v) is 5.55. The van der Waals surface area contributed by atoms with Gasteiger partial charge in [0.05, 0.1) is 6.04 Å². The number of carboxylic acid groups (broad SMARTS) is 1. The second-order valence-electron chi connectivity index (χ2n) is 12.2. The molecule has 0 aliphatic heterocycles. The molecule has 240 valence electrons. The lowest BCUT2D eigenvalue weighted by Crippen LogP contribution is -2.58. The minimum absolute atomic E-state index is 0.0131. The van der Waals surface area contributed by atoms with Crippen molar-refractivity contribution in [3.8, 4) is 0 Å². The van der Waals surface area contributed by atoms with E-state index in [4.69, 9.17) is 5.73 Å². The van der Waals surface area contributed by atoms with Crippen molar-refractivity contribution in [2.45, 2.75) is 77.5 Å². The first-order valence-corrected chi connectivity index (χ1v) is 15.5. The van der Waals surface area contributed by atoms with Crippen LogP contribution in [0.5, 0.6) is 0 Å². The SMILES string of the molecule is CCC(C)C(NC(=O)C(CC(C)C)NC(=O)C(Cc1c[nH]c2ccccc12)NC(=O)C(N)Cc1c[nH]c2ccccc12)C(=O)O. The molecule has 45 heavy (non-hydrogen) atoms. The van der Waals surface area contributed by atoms with E-state index in [-0.39, 0.29) is 31.1 Å². The van der Waals surface area contributed by atoms with Crippen molar-refractivity contribution in [3.63, 3.8) is 0 Å². The monoisotopic (exact) mass is 616 g/mol. The number of fused-ring (bicyclic) bond motifs is 2. The molecule has 8 N–H and O–H groups in total. The van der Waals surface area contributed by atoms with Crippen LogP contribution < -0.4 is 21.7 Å². The molecule has 2 aromatic carbocycles. The average Bonchev–Trinajstić information content (AvgIpc) is 3.62. The van der Waals surface area contributed by atoms with Crippen molar-refractivity contribution < 1.29 is 24.3 Å². The fraction of sp³-hybridized carbons (Fsp3) is 0.412. The van der Waals surface area contributed by atoms with Crippen molar-refractivity contribution in [1.29, 1.82) is 0 Å². The van der Waals surface area contributed by atoms with Gasteiger partial charge in [-0.3, -0.25) is 14.4 Å². The van der Waals surface area contributed by atoms with Crippen LogP contribution in [0.3, 0.4) is 0 Å². The van der Waals surface area contributed by atoms with Gasteiger partial charge in [0.25, 0.3) is 0 Å². The lowest BCUT2D eigenvalue weighted by atomic mass is 9.97. The van der Waals surface area contributed by atoms with Gasteiger partial charge < -0.3 is 36.8 Å².